The third kappa shape index (κ3) is 3.54. The molecular weight excluding hydrogens is 274 g/mol. The van der Waals surface area contributed by atoms with Gasteiger partial charge in [-0.05, 0) is 38.2 Å². The van der Waals surface area contributed by atoms with Gasteiger partial charge in [-0.2, -0.15) is 16.7 Å². The fourth-order valence-corrected chi connectivity index (χ4v) is 3.26. The Balaban J connectivity index is 2.12. The highest BCUT2D eigenvalue weighted by atomic mass is 32.2. The summed E-state index contributed by atoms with van der Waals surface area (Å²) >= 11 is 1.77. The van der Waals surface area contributed by atoms with E-state index in [0.29, 0.717) is 18.3 Å². The van der Waals surface area contributed by atoms with Gasteiger partial charge >= 0.3 is 0 Å². The lowest BCUT2D eigenvalue weighted by molar-refractivity contribution is -0.0777. The third-order valence-corrected chi connectivity index (χ3v) is 4.53. The zero-order valence-electron chi connectivity index (χ0n) is 12.4. The largest absolute Gasteiger partial charge is 0.367 e. The molecule has 2 N–H and O–H groups in total. The van der Waals surface area contributed by atoms with Gasteiger partial charge in [-0.3, -0.25) is 0 Å². The highest BCUT2D eigenvalue weighted by Crippen LogP contribution is 2.39. The fourth-order valence-electron chi connectivity index (χ4n) is 2.77. The SMILES string of the molecule is CCOC1(c2noc([C@@H](N)CCSC)n2)CCCCC1. The molecular formula is C14H25N3O2S. The number of nitrogens with zero attached hydrogens (tertiary/aromatic N) is 2. The molecule has 0 spiro atoms. The average molecular weight is 299 g/mol. The third-order valence-electron chi connectivity index (χ3n) is 3.88. The Kier molecular flexibility index (Phi) is 5.86. The highest BCUT2D eigenvalue weighted by Gasteiger charge is 2.39. The summed E-state index contributed by atoms with van der Waals surface area (Å²) in [5.74, 6) is 2.22. The van der Waals surface area contributed by atoms with E-state index in [2.05, 4.69) is 16.4 Å². The molecule has 6 heteroatoms. The van der Waals surface area contributed by atoms with E-state index in [1.807, 2.05) is 6.92 Å². The van der Waals surface area contributed by atoms with Crippen molar-refractivity contribution in [3.05, 3.63) is 11.7 Å². The smallest absolute Gasteiger partial charge is 0.243 e. The van der Waals surface area contributed by atoms with Crippen LogP contribution in [0.25, 0.3) is 0 Å². The van der Waals surface area contributed by atoms with Crippen molar-refractivity contribution in [2.45, 2.75) is 57.1 Å². The van der Waals surface area contributed by atoms with Gasteiger partial charge in [-0.1, -0.05) is 24.4 Å². The molecule has 1 aromatic heterocycles. The highest BCUT2D eigenvalue weighted by molar-refractivity contribution is 7.98. The Morgan fingerprint density at radius 1 is 1.40 bits per heavy atom. The zero-order valence-corrected chi connectivity index (χ0v) is 13.2. The Labute approximate surface area is 125 Å². The molecule has 1 heterocycles. The summed E-state index contributed by atoms with van der Waals surface area (Å²) in [4.78, 5) is 4.54. The van der Waals surface area contributed by atoms with Crippen LogP contribution in [0.3, 0.4) is 0 Å². The van der Waals surface area contributed by atoms with E-state index >= 15 is 0 Å². The molecule has 1 aromatic rings. The average Bonchev–Trinajstić information content (AvgIpc) is 2.96. The molecule has 0 radical (unpaired) electrons. The van der Waals surface area contributed by atoms with Crippen LogP contribution in [0.15, 0.2) is 4.52 Å². The molecule has 1 aliphatic rings. The van der Waals surface area contributed by atoms with Gasteiger partial charge < -0.3 is 15.0 Å². The van der Waals surface area contributed by atoms with Gasteiger partial charge in [0, 0.05) is 6.61 Å². The molecule has 0 bridgehead atoms. The predicted molar refractivity (Wildman–Crippen MR) is 80.6 cm³/mol. The van der Waals surface area contributed by atoms with E-state index < -0.39 is 0 Å². The number of hydrogen-bond donors (Lipinski definition) is 1. The summed E-state index contributed by atoms with van der Waals surface area (Å²) in [7, 11) is 0. The van der Waals surface area contributed by atoms with Crippen molar-refractivity contribution in [2.24, 2.45) is 5.73 Å². The second-order valence-corrected chi connectivity index (χ2v) is 6.32. The minimum Gasteiger partial charge on any atom is -0.367 e. The Morgan fingerprint density at radius 2 is 2.15 bits per heavy atom. The van der Waals surface area contributed by atoms with Crippen LogP contribution in [0.1, 0.15) is 63.2 Å². The lowest BCUT2D eigenvalue weighted by Gasteiger charge is -2.33. The summed E-state index contributed by atoms with van der Waals surface area (Å²) in [5, 5.41) is 4.16. The van der Waals surface area contributed by atoms with Crippen LogP contribution in [-0.2, 0) is 10.3 Å². The van der Waals surface area contributed by atoms with Crippen molar-refractivity contribution in [1.82, 2.24) is 10.1 Å². The van der Waals surface area contributed by atoms with Gasteiger partial charge in [0.05, 0.1) is 6.04 Å². The summed E-state index contributed by atoms with van der Waals surface area (Å²) in [5.41, 5.74) is 5.74. The van der Waals surface area contributed by atoms with E-state index in [1.165, 1.54) is 6.42 Å². The number of rotatable bonds is 7. The fraction of sp³-hybridized carbons (Fsp3) is 0.857. The first kappa shape index (κ1) is 15.8. The first-order chi connectivity index (χ1) is 9.72. The molecule has 0 amide bonds. The molecule has 114 valence electrons. The molecule has 0 saturated heterocycles. The second-order valence-electron chi connectivity index (χ2n) is 5.33. The molecule has 20 heavy (non-hydrogen) atoms. The van der Waals surface area contributed by atoms with Crippen molar-refractivity contribution in [3.8, 4) is 0 Å². The summed E-state index contributed by atoms with van der Waals surface area (Å²) < 4.78 is 11.4. The molecule has 0 aliphatic heterocycles. The first-order valence-electron chi connectivity index (χ1n) is 7.44. The van der Waals surface area contributed by atoms with Crippen molar-refractivity contribution in [2.75, 3.05) is 18.6 Å². The predicted octanol–water partition coefficient (Wildman–Crippen LogP) is 3.02. The van der Waals surface area contributed by atoms with E-state index in [1.54, 1.807) is 11.8 Å². The monoisotopic (exact) mass is 299 g/mol. The zero-order chi connectivity index (χ0) is 14.4. The minimum absolute atomic E-state index is 0.175. The molecule has 0 unspecified atom stereocenters. The van der Waals surface area contributed by atoms with Crippen LogP contribution in [0.5, 0.6) is 0 Å². The van der Waals surface area contributed by atoms with Crippen LogP contribution in [-0.4, -0.2) is 28.8 Å². The van der Waals surface area contributed by atoms with Gasteiger partial charge in [-0.15, -0.1) is 0 Å². The molecule has 1 aliphatic carbocycles. The van der Waals surface area contributed by atoms with E-state index in [4.69, 9.17) is 15.0 Å². The maximum atomic E-state index is 6.09. The van der Waals surface area contributed by atoms with Gasteiger partial charge in [-0.25, -0.2) is 0 Å². The number of hydrogen-bond acceptors (Lipinski definition) is 6. The minimum atomic E-state index is -0.353. The van der Waals surface area contributed by atoms with Crippen LogP contribution in [0.4, 0.5) is 0 Å². The lowest BCUT2D eigenvalue weighted by atomic mass is 9.84. The van der Waals surface area contributed by atoms with Crippen molar-refractivity contribution < 1.29 is 9.26 Å². The van der Waals surface area contributed by atoms with Gasteiger partial charge in [0.15, 0.2) is 0 Å². The Hall–Kier alpha value is -0.590. The maximum absolute atomic E-state index is 6.09. The van der Waals surface area contributed by atoms with Gasteiger partial charge in [0.25, 0.3) is 0 Å². The van der Waals surface area contributed by atoms with Crippen LogP contribution < -0.4 is 5.73 Å². The van der Waals surface area contributed by atoms with Crippen molar-refractivity contribution >= 4 is 11.8 Å². The van der Waals surface area contributed by atoms with Crippen LogP contribution >= 0.6 is 11.8 Å². The Bertz CT molecular complexity index is 399. The van der Waals surface area contributed by atoms with Crippen LogP contribution in [0, 0.1) is 0 Å². The van der Waals surface area contributed by atoms with E-state index in [-0.39, 0.29) is 11.6 Å². The second kappa shape index (κ2) is 7.43. The molecule has 1 saturated carbocycles. The van der Waals surface area contributed by atoms with E-state index in [0.717, 1.165) is 37.9 Å². The first-order valence-corrected chi connectivity index (χ1v) is 8.84. The standard InChI is InChI=1S/C14H25N3O2S/c1-3-18-14(8-5-4-6-9-14)13-16-12(19-17-13)11(15)7-10-20-2/h11H,3-10,15H2,1-2H3/t11-/m0/s1. The molecule has 1 atom stereocenters. The molecule has 0 aromatic carbocycles. The topological polar surface area (TPSA) is 74.2 Å². The van der Waals surface area contributed by atoms with Gasteiger partial charge in [0.1, 0.15) is 5.60 Å². The molecule has 5 nitrogen and oxygen atoms in total. The molecule has 1 fully saturated rings. The number of ether oxygens (including phenoxy) is 1. The number of thioether (sulfide) groups is 1. The lowest BCUT2D eigenvalue weighted by Crippen LogP contribution is -2.33. The molecule has 2 rings (SSSR count). The van der Waals surface area contributed by atoms with Crippen molar-refractivity contribution in [3.63, 3.8) is 0 Å². The Morgan fingerprint density at radius 3 is 2.80 bits per heavy atom. The normalized spacial score (nSPS) is 19.9. The maximum Gasteiger partial charge on any atom is 0.243 e. The number of aromatic nitrogens is 2. The van der Waals surface area contributed by atoms with E-state index in [9.17, 15) is 0 Å². The van der Waals surface area contributed by atoms with Gasteiger partial charge in [0.2, 0.25) is 11.7 Å². The summed E-state index contributed by atoms with van der Waals surface area (Å²) in [6.07, 6.45) is 8.43. The summed E-state index contributed by atoms with van der Waals surface area (Å²) in [6, 6.07) is -0.175. The van der Waals surface area contributed by atoms with Crippen LogP contribution in [0.2, 0.25) is 0 Å². The number of nitrogens with two attached hydrogens (primary N) is 1. The summed E-state index contributed by atoms with van der Waals surface area (Å²) in [6.45, 7) is 2.68. The quantitative estimate of drug-likeness (QED) is 0.834. The van der Waals surface area contributed by atoms with Crippen molar-refractivity contribution in [1.29, 1.82) is 0 Å².